The molecule has 0 radical (unpaired) electrons. The Bertz CT molecular complexity index is 7130. The lowest BCUT2D eigenvalue weighted by Gasteiger charge is -2.37. The summed E-state index contributed by atoms with van der Waals surface area (Å²) in [6, 6.07) is 42.2. The number of rotatable bonds is 34. The predicted molar refractivity (Wildman–Crippen MR) is 517 cm³/mol. The number of carbonyl (C=O) groups excluding carboxylic acids is 10. The first-order valence-corrected chi connectivity index (χ1v) is 47.7. The number of pyridine rings is 3. The Balaban J connectivity index is 0.829. The molecule has 12 heterocycles. The third kappa shape index (κ3) is 17.8. The molecule has 14 aromatic rings. The van der Waals surface area contributed by atoms with E-state index in [4.69, 9.17) is 56.8 Å². The van der Waals surface area contributed by atoms with Crippen LogP contribution >= 0.6 is 22.7 Å². The fraction of sp³-hybridized carbons (Fsp3) is 0.250. The van der Waals surface area contributed by atoms with Gasteiger partial charge in [0.1, 0.15) is 96.8 Å². The number of thiophene rings is 2. The van der Waals surface area contributed by atoms with Crippen LogP contribution in [0.15, 0.2) is 235 Å². The minimum atomic E-state index is -1.94. The lowest BCUT2D eigenvalue weighted by atomic mass is 9.80. The van der Waals surface area contributed by atoms with Crippen LogP contribution in [0.3, 0.4) is 0 Å². The number of hydrogen-bond donors (Lipinski definition) is 1. The van der Waals surface area contributed by atoms with Crippen LogP contribution in [0.1, 0.15) is 196 Å². The maximum Gasteiger partial charge on any atom is 0.339 e. The van der Waals surface area contributed by atoms with Gasteiger partial charge in [0, 0.05) is 83.3 Å². The van der Waals surface area contributed by atoms with Gasteiger partial charge in [0.15, 0.2) is 12.1 Å². The molecular formula is C108H90N8O22S2. The van der Waals surface area contributed by atoms with Gasteiger partial charge in [-0.05, 0) is 166 Å². The van der Waals surface area contributed by atoms with E-state index in [0.717, 1.165) is 59.6 Å². The van der Waals surface area contributed by atoms with Crippen molar-refractivity contribution in [2.24, 2.45) is 0 Å². The quantitative estimate of drug-likeness (QED) is 0.00977. The molecule has 0 spiro atoms. The van der Waals surface area contributed by atoms with E-state index in [-0.39, 0.29) is 247 Å². The van der Waals surface area contributed by atoms with Crippen molar-refractivity contribution in [1.82, 2.24) is 30.1 Å². The number of imide groups is 2. The summed E-state index contributed by atoms with van der Waals surface area (Å²) in [6.45, 7) is 17.4. The van der Waals surface area contributed by atoms with Crippen LogP contribution in [0, 0.1) is 0 Å². The molecule has 5 aromatic heterocycles. The Labute approximate surface area is 809 Å². The number of esters is 4. The lowest BCUT2D eigenvalue weighted by Crippen LogP contribution is -2.50. The van der Waals surface area contributed by atoms with Gasteiger partial charge in [0.25, 0.3) is 35.4 Å². The Morgan fingerprint density at radius 2 is 0.671 bits per heavy atom. The van der Waals surface area contributed by atoms with Crippen LogP contribution < -0.4 is 34.1 Å². The topological polar surface area (TPSA) is 358 Å². The number of benzene rings is 9. The van der Waals surface area contributed by atoms with Gasteiger partial charge in [-0.3, -0.25) is 63.3 Å². The second kappa shape index (κ2) is 37.5. The zero-order valence-corrected chi connectivity index (χ0v) is 78.6. The lowest BCUT2D eigenvalue weighted by molar-refractivity contribution is -0.139. The first kappa shape index (κ1) is 91.0. The number of dihydropyridines is 1. The molecule has 9 aromatic carbocycles. The van der Waals surface area contributed by atoms with E-state index in [1.807, 2.05) is 104 Å². The number of fused-ring (bicyclic) bond motifs is 2. The van der Waals surface area contributed by atoms with Gasteiger partial charge in [-0.1, -0.05) is 116 Å². The number of aromatic nitrogens is 3. The maximum absolute atomic E-state index is 17.5. The average Bonchev–Trinajstić information content (AvgIpc) is 0.855. The molecule has 6 unspecified atom stereocenters. The first-order chi connectivity index (χ1) is 67.8. The molecule has 30 nitrogen and oxygen atoms in total. The van der Waals surface area contributed by atoms with Crippen molar-refractivity contribution in [3.63, 3.8) is 0 Å². The van der Waals surface area contributed by atoms with Crippen LogP contribution in [0.25, 0.3) is 43.1 Å². The van der Waals surface area contributed by atoms with Crippen molar-refractivity contribution in [3.05, 3.63) is 306 Å². The van der Waals surface area contributed by atoms with Crippen LogP contribution in [-0.2, 0) is 52.3 Å². The zero-order chi connectivity index (χ0) is 96.7. The zero-order valence-electron chi connectivity index (χ0n) is 76.9. The molecule has 4 saturated heterocycles. The third-order valence-electron chi connectivity index (χ3n) is 25.4. The Morgan fingerprint density at radius 3 is 0.957 bits per heavy atom. The molecule has 706 valence electrons. The fourth-order valence-corrected chi connectivity index (χ4v) is 19.3. The van der Waals surface area contributed by atoms with Gasteiger partial charge < -0.3 is 62.2 Å². The van der Waals surface area contributed by atoms with E-state index in [1.54, 1.807) is 83.6 Å². The van der Waals surface area contributed by atoms with Crippen molar-refractivity contribution in [3.8, 4) is 46.0 Å². The molecule has 6 amide bonds. The van der Waals surface area contributed by atoms with Gasteiger partial charge in [-0.2, -0.15) is 0 Å². The van der Waals surface area contributed by atoms with E-state index >= 15 is 28.8 Å². The summed E-state index contributed by atoms with van der Waals surface area (Å²) in [7, 11) is 0. The molecule has 21 rings (SSSR count). The summed E-state index contributed by atoms with van der Waals surface area (Å²) < 4.78 is 74.1. The Hall–Kier alpha value is -15.5. The molecule has 7 aliphatic rings. The van der Waals surface area contributed by atoms with E-state index in [9.17, 15) is 19.2 Å². The highest BCUT2D eigenvalue weighted by atomic mass is 32.1. The summed E-state index contributed by atoms with van der Waals surface area (Å²) in [5.41, 5.74) is 2.61. The van der Waals surface area contributed by atoms with Crippen LogP contribution in [-0.4, -0.2) is 168 Å². The van der Waals surface area contributed by atoms with Crippen LogP contribution in [0.2, 0.25) is 0 Å². The second-order valence-electron chi connectivity index (χ2n) is 36.3. The van der Waals surface area contributed by atoms with Gasteiger partial charge in [-0.15, -0.1) is 22.7 Å². The fourth-order valence-electron chi connectivity index (χ4n) is 17.7. The van der Waals surface area contributed by atoms with Crippen LogP contribution in [0.4, 0.5) is 17.1 Å². The number of hydrogen-bond acceptors (Lipinski definition) is 28. The van der Waals surface area contributed by atoms with Gasteiger partial charge in [-0.25, -0.2) is 19.2 Å². The summed E-state index contributed by atoms with van der Waals surface area (Å²) in [5, 5.41) is 7.34. The van der Waals surface area contributed by atoms with Crippen molar-refractivity contribution >= 4 is 142 Å². The molecule has 6 atom stereocenters. The SMILES string of the molecule is CC(C)c1ccc(Oc2cc3c4c(cc(Oc5ccc(C(C)C)cc5)c5c6c(Oc7ccc(C(C)C)cc7)cc7c8c(cc(Oc9ccc(C(C)C)cc9)c(c2c45)c86)C(=O)N(C(C(=O)N(c2cncc(C(=O)OCC4CO4)c2)c2cncc(C(=O)OCC4CO4)c2)c2cccs2)C7=O)C(=O)N(C(C(=O)N(C2=CC(C(=O)OCC4CO4)=CNC2)c2cncc(C(=O)OCC4CO4)c2)c2cccs2)C3=O)cc1. The van der Waals surface area contributed by atoms with Crippen molar-refractivity contribution in [2.75, 3.05) is 69.2 Å². The molecule has 0 aliphatic carbocycles. The van der Waals surface area contributed by atoms with Crippen molar-refractivity contribution in [2.45, 2.75) is 116 Å². The monoisotopic (exact) mass is 1910 g/mol. The molecule has 32 heteroatoms. The summed E-state index contributed by atoms with van der Waals surface area (Å²) >= 11 is 2.13. The number of nitrogens with zero attached hydrogens (tertiary/aromatic N) is 7. The summed E-state index contributed by atoms with van der Waals surface area (Å²) in [6.07, 6.45) is 9.28. The number of ether oxygens (including phenoxy) is 12. The maximum atomic E-state index is 17.5. The Morgan fingerprint density at radius 1 is 0.379 bits per heavy atom. The van der Waals surface area contributed by atoms with Crippen molar-refractivity contribution in [1.29, 1.82) is 0 Å². The number of carbonyl (C=O) groups is 10. The highest BCUT2D eigenvalue weighted by Gasteiger charge is 2.50. The minimum absolute atomic E-state index is 0.0133. The predicted octanol–water partition coefficient (Wildman–Crippen LogP) is 19.8. The highest BCUT2D eigenvalue weighted by molar-refractivity contribution is 7.10. The normalized spacial score (nSPS) is 17.1. The molecule has 4 fully saturated rings. The molecule has 140 heavy (non-hydrogen) atoms. The van der Waals surface area contributed by atoms with E-state index in [0.29, 0.717) is 26.4 Å². The van der Waals surface area contributed by atoms with E-state index in [1.165, 1.54) is 96.8 Å². The molecular weight excluding hydrogens is 1830 g/mol. The number of anilines is 3. The molecule has 1 N–H and O–H groups in total. The smallest absolute Gasteiger partial charge is 0.339 e. The third-order valence-corrected chi connectivity index (χ3v) is 27.2. The molecule has 0 bridgehead atoms. The largest absolute Gasteiger partial charge is 0.459 e. The Kier molecular flexibility index (Phi) is 24.3. The second-order valence-corrected chi connectivity index (χ2v) is 38.2. The molecule has 7 aliphatic heterocycles. The van der Waals surface area contributed by atoms with Crippen LogP contribution in [0.5, 0.6) is 46.0 Å². The standard InChI is InChI=1S/C108H90N8O22S2/c1-55(2)59-13-21-71(22-14-59)135-83-35-79-89-80(100(118)115(99(79)117)97(87-11-9-29-139-87)103(121)113(67-31-63(39-109-43-67)105(123)131-51-75-47-127-75)68-32-64(40-110-44-68)106(124)132-52-76-48-128-76)37-85(137-73-25-17-61(18-26-73)57(5)6)93-94-86(138-74-27-19-62(20-28-74)58(7)8)38-82-90-81(36-84(92(96(90)94)91(83)95(89)93)136-72-23-15-60(16-24-72)56(3)4)101(119)116(102(82)120)98(88-12-10-30-140-88)104(122)114(69-33-65(41-111-45-69)107(125)133-53-77-49-129-77)70-34-66(42-112-46-70)108(126)134-54-78-50-130-78/h9-45,55-58,75-78,97-98,112H,46-54H2,1-8H3. The number of epoxide rings is 4. The minimum Gasteiger partial charge on any atom is -0.459 e. The number of amides is 6. The number of nitrogens with one attached hydrogen (secondary N) is 1. The summed E-state index contributed by atoms with van der Waals surface area (Å²) in [5.74, 6) is -8.33. The first-order valence-electron chi connectivity index (χ1n) is 45.9. The average molecular weight is 1920 g/mol. The summed E-state index contributed by atoms with van der Waals surface area (Å²) in [4.78, 5) is 179. The van der Waals surface area contributed by atoms with Gasteiger partial charge in [0.2, 0.25) is 0 Å². The molecule has 0 saturated carbocycles. The van der Waals surface area contributed by atoms with E-state index < -0.39 is 71.4 Å². The van der Waals surface area contributed by atoms with E-state index in [2.05, 4.69) is 20.3 Å². The van der Waals surface area contributed by atoms with Gasteiger partial charge >= 0.3 is 23.9 Å². The highest BCUT2D eigenvalue weighted by Crippen LogP contribution is 2.60. The van der Waals surface area contributed by atoms with Crippen molar-refractivity contribution < 1.29 is 105 Å². The van der Waals surface area contributed by atoms with Gasteiger partial charge in [0.05, 0.1) is 113 Å².